The third-order valence-electron chi connectivity index (χ3n) is 4.92. The molecule has 4 aromatic rings. The van der Waals surface area contributed by atoms with E-state index in [-0.39, 0.29) is 24.0 Å². The number of H-pyrrole nitrogens is 1. The first-order valence-electron chi connectivity index (χ1n) is 9.85. The van der Waals surface area contributed by atoms with Crippen molar-refractivity contribution < 1.29 is 14.7 Å². The molecule has 0 saturated carbocycles. The van der Waals surface area contributed by atoms with E-state index < -0.39 is 11.8 Å². The van der Waals surface area contributed by atoms with Gasteiger partial charge in [-0.15, -0.1) is 10.2 Å². The van der Waals surface area contributed by atoms with Crippen LogP contribution in [0.25, 0.3) is 10.9 Å². The first kappa shape index (κ1) is 21.5. The van der Waals surface area contributed by atoms with Crippen LogP contribution in [-0.4, -0.2) is 28.4 Å². The molecule has 160 valence electrons. The van der Waals surface area contributed by atoms with Crippen molar-refractivity contribution in [3.8, 4) is 5.88 Å². The zero-order valence-electron chi connectivity index (χ0n) is 16.8. The lowest BCUT2D eigenvalue weighted by atomic mass is 9.90. The van der Waals surface area contributed by atoms with Crippen LogP contribution in [0, 0.1) is 0 Å². The number of fused-ring (bicyclic) bond motifs is 1. The molecule has 0 aliphatic heterocycles. The smallest absolute Gasteiger partial charge is 0.283 e. The average Bonchev–Trinajstić information content (AvgIpc) is 3.12. The van der Waals surface area contributed by atoms with Crippen molar-refractivity contribution in [1.29, 1.82) is 0 Å². The van der Waals surface area contributed by atoms with Crippen LogP contribution in [0.3, 0.4) is 0 Å². The number of carbonyl (C=O) groups is 2. The Labute approximate surface area is 192 Å². The molecule has 0 fully saturated rings. The summed E-state index contributed by atoms with van der Waals surface area (Å²) in [5.41, 5.74) is 2.46. The quantitative estimate of drug-likeness (QED) is 0.323. The van der Waals surface area contributed by atoms with E-state index >= 15 is 0 Å². The second kappa shape index (κ2) is 9.57. The minimum Gasteiger partial charge on any atom is -0.493 e. The topological polar surface area (TPSA) is 107 Å². The maximum Gasteiger partial charge on any atom is 0.283 e. The van der Waals surface area contributed by atoms with Crippen molar-refractivity contribution >= 4 is 44.3 Å². The predicted octanol–water partition coefficient (Wildman–Crippen LogP) is 5.19. The summed E-state index contributed by atoms with van der Waals surface area (Å²) in [4.78, 5) is 28.0. The molecule has 0 aliphatic carbocycles. The van der Waals surface area contributed by atoms with Crippen LogP contribution in [0.2, 0.25) is 0 Å². The van der Waals surface area contributed by atoms with Crippen LogP contribution < -0.4 is 5.32 Å². The fourth-order valence-electron chi connectivity index (χ4n) is 3.43. The number of hydrogen-bond donors (Lipinski definition) is 3. The van der Waals surface area contributed by atoms with Crippen LogP contribution >= 0.6 is 15.9 Å². The highest BCUT2D eigenvalue weighted by Gasteiger charge is 2.23. The van der Waals surface area contributed by atoms with Gasteiger partial charge in [-0.2, -0.15) is 0 Å². The maximum atomic E-state index is 13.0. The van der Waals surface area contributed by atoms with E-state index in [9.17, 15) is 14.7 Å². The number of halogens is 1. The van der Waals surface area contributed by atoms with Crippen molar-refractivity contribution in [3.05, 3.63) is 94.5 Å². The lowest BCUT2D eigenvalue weighted by Crippen LogP contribution is -2.33. The Morgan fingerprint density at radius 3 is 2.22 bits per heavy atom. The second-order valence-electron chi connectivity index (χ2n) is 7.08. The number of rotatable bonds is 6. The molecule has 2 amide bonds. The summed E-state index contributed by atoms with van der Waals surface area (Å²) in [5.74, 6) is -1.70. The molecular weight excluding hydrogens is 472 g/mol. The van der Waals surface area contributed by atoms with Crippen molar-refractivity contribution in [2.45, 2.75) is 5.92 Å². The fourth-order valence-corrected chi connectivity index (χ4v) is 3.79. The summed E-state index contributed by atoms with van der Waals surface area (Å²) in [5, 5.41) is 20.9. The lowest BCUT2D eigenvalue weighted by Gasteiger charge is -2.17. The molecule has 32 heavy (non-hydrogen) atoms. The molecule has 0 spiro atoms. The van der Waals surface area contributed by atoms with Crippen LogP contribution in [0.4, 0.5) is 5.69 Å². The Morgan fingerprint density at radius 2 is 1.59 bits per heavy atom. The molecule has 8 heteroatoms. The molecule has 0 radical (unpaired) electrons. The van der Waals surface area contributed by atoms with E-state index in [4.69, 9.17) is 0 Å². The zero-order valence-corrected chi connectivity index (χ0v) is 18.4. The summed E-state index contributed by atoms with van der Waals surface area (Å²) in [6.45, 7) is -0.314. The van der Waals surface area contributed by atoms with Gasteiger partial charge in [0.25, 0.3) is 5.91 Å². The minimum atomic E-state index is -0.637. The van der Waals surface area contributed by atoms with E-state index in [0.717, 1.165) is 15.6 Å². The lowest BCUT2D eigenvalue weighted by molar-refractivity contribution is -0.125. The third kappa shape index (κ3) is 4.76. The van der Waals surface area contributed by atoms with Crippen molar-refractivity contribution in [1.82, 2.24) is 10.3 Å². The van der Waals surface area contributed by atoms with E-state index in [1.54, 1.807) is 12.1 Å². The Morgan fingerprint density at radius 1 is 0.969 bits per heavy atom. The molecule has 0 bridgehead atoms. The number of benzene rings is 3. The van der Waals surface area contributed by atoms with Gasteiger partial charge in [0.1, 0.15) is 6.54 Å². The summed E-state index contributed by atoms with van der Waals surface area (Å²) in [6, 6.07) is 24.1. The van der Waals surface area contributed by atoms with Crippen molar-refractivity contribution in [3.63, 3.8) is 0 Å². The zero-order chi connectivity index (χ0) is 22.5. The summed E-state index contributed by atoms with van der Waals surface area (Å²) < 4.78 is 0.798. The Balaban J connectivity index is 1.48. The van der Waals surface area contributed by atoms with Crippen LogP contribution in [0.1, 0.15) is 17.0 Å². The minimum absolute atomic E-state index is 0.160. The monoisotopic (exact) mass is 490 g/mol. The molecule has 3 aromatic carbocycles. The van der Waals surface area contributed by atoms with E-state index in [2.05, 4.69) is 36.5 Å². The highest BCUT2D eigenvalue weighted by atomic mass is 79.9. The van der Waals surface area contributed by atoms with Crippen LogP contribution in [0.15, 0.2) is 93.6 Å². The van der Waals surface area contributed by atoms with Crippen LogP contribution in [0.5, 0.6) is 5.88 Å². The molecule has 1 aromatic heterocycles. The maximum absolute atomic E-state index is 13.0. The number of carbonyl (C=O) groups excluding carboxylic acids is 2. The average molecular weight is 491 g/mol. The Hall–Kier alpha value is -3.78. The van der Waals surface area contributed by atoms with E-state index in [0.29, 0.717) is 10.9 Å². The van der Waals surface area contributed by atoms with Gasteiger partial charge in [0.2, 0.25) is 11.8 Å². The number of aromatic nitrogens is 1. The first-order chi connectivity index (χ1) is 15.5. The molecule has 0 saturated heterocycles. The molecule has 0 atom stereocenters. The molecule has 4 rings (SSSR count). The van der Waals surface area contributed by atoms with Gasteiger partial charge < -0.3 is 15.4 Å². The van der Waals surface area contributed by atoms with Gasteiger partial charge in [0.05, 0.1) is 11.4 Å². The van der Waals surface area contributed by atoms with Gasteiger partial charge in [-0.05, 0) is 29.3 Å². The van der Waals surface area contributed by atoms with E-state index in [1.807, 2.05) is 66.7 Å². The third-order valence-corrected chi connectivity index (χ3v) is 5.41. The summed E-state index contributed by atoms with van der Waals surface area (Å²) in [7, 11) is 0. The summed E-state index contributed by atoms with van der Waals surface area (Å²) in [6.07, 6.45) is 0. The van der Waals surface area contributed by atoms with Gasteiger partial charge in [0.15, 0.2) is 5.69 Å². The highest BCUT2D eigenvalue weighted by Crippen LogP contribution is 2.36. The van der Waals surface area contributed by atoms with Gasteiger partial charge in [-0.3, -0.25) is 9.59 Å². The Bertz CT molecular complexity index is 1250. The van der Waals surface area contributed by atoms with Gasteiger partial charge in [0, 0.05) is 9.86 Å². The highest BCUT2D eigenvalue weighted by molar-refractivity contribution is 9.10. The SMILES string of the molecule is O=C(CNC(=O)C(c1ccccc1)c1ccccc1)N=Nc1c(O)[nH]c2ccc(Br)cc12. The molecule has 0 aliphatic rings. The van der Waals surface area contributed by atoms with E-state index in [1.165, 1.54) is 0 Å². The van der Waals surface area contributed by atoms with Gasteiger partial charge >= 0.3 is 0 Å². The van der Waals surface area contributed by atoms with Gasteiger partial charge in [-0.1, -0.05) is 76.6 Å². The van der Waals surface area contributed by atoms with Crippen molar-refractivity contribution in [2.75, 3.05) is 6.54 Å². The second-order valence-corrected chi connectivity index (χ2v) is 7.99. The predicted molar refractivity (Wildman–Crippen MR) is 125 cm³/mol. The number of amides is 2. The Kier molecular flexibility index (Phi) is 6.42. The standard InChI is InChI=1S/C24H19BrN4O3/c25-17-11-12-19-18(13-17)22(24(32)27-19)29-28-20(30)14-26-23(31)21(15-7-3-1-4-8-15)16-9-5-2-6-10-16/h1-13,21,27,32H,14H2,(H,26,31). The number of nitrogens with zero attached hydrogens (tertiary/aromatic N) is 2. The van der Waals surface area contributed by atoms with Gasteiger partial charge in [-0.25, -0.2) is 0 Å². The number of nitrogens with one attached hydrogen (secondary N) is 2. The number of hydrogen-bond acceptors (Lipinski definition) is 4. The normalized spacial score (nSPS) is 11.3. The molecule has 7 nitrogen and oxygen atoms in total. The number of aromatic amines is 1. The molecular formula is C24H19BrN4O3. The number of aromatic hydroxyl groups is 1. The molecule has 1 heterocycles. The summed E-state index contributed by atoms with van der Waals surface area (Å²) >= 11 is 3.37. The molecule has 0 unspecified atom stereocenters. The largest absolute Gasteiger partial charge is 0.493 e. The van der Waals surface area contributed by atoms with Crippen molar-refractivity contribution in [2.24, 2.45) is 10.2 Å². The fraction of sp³-hybridized carbons (Fsp3) is 0.0833. The number of azo groups is 1. The first-order valence-corrected chi connectivity index (χ1v) is 10.6. The molecule has 3 N–H and O–H groups in total. The van der Waals surface area contributed by atoms with Crippen LogP contribution in [-0.2, 0) is 9.59 Å².